The number of hydrogen-bond acceptors (Lipinski definition) is 7. The van der Waals surface area contributed by atoms with Gasteiger partial charge in [-0.1, -0.05) is 5.16 Å². The van der Waals surface area contributed by atoms with Gasteiger partial charge in [0.2, 0.25) is 0 Å². The van der Waals surface area contributed by atoms with E-state index in [-0.39, 0.29) is 6.54 Å². The molecule has 27 heavy (non-hydrogen) atoms. The number of amides is 1. The van der Waals surface area contributed by atoms with Crippen molar-refractivity contribution in [2.24, 2.45) is 0 Å². The maximum atomic E-state index is 12.7. The molecule has 1 amide bonds. The van der Waals surface area contributed by atoms with Gasteiger partial charge in [0.25, 0.3) is 11.6 Å². The van der Waals surface area contributed by atoms with Crippen LogP contribution < -0.4 is 5.32 Å². The minimum Gasteiger partial charge on any atom is -0.467 e. The van der Waals surface area contributed by atoms with Gasteiger partial charge in [0, 0.05) is 11.6 Å². The van der Waals surface area contributed by atoms with E-state index in [1.165, 1.54) is 13.2 Å². The predicted octanol–water partition coefficient (Wildman–Crippen LogP) is 2.86. The van der Waals surface area contributed by atoms with Crippen LogP contribution in [0.15, 0.2) is 33.4 Å². The standard InChI is InChI=1S/C19H19N3O5/c1-10-16-14(8-15(12-5-6-12)21-18(16)27-22-10)19(24)26-11(2)17(23)20-9-13-4-3-7-25-13/h3-4,7-8,11-12H,5-6,9H2,1-2H3,(H,20,23)/t11-/m1/s1. The van der Waals surface area contributed by atoms with Gasteiger partial charge in [0.1, 0.15) is 5.76 Å². The van der Waals surface area contributed by atoms with Crippen molar-refractivity contribution >= 4 is 23.0 Å². The fourth-order valence-corrected chi connectivity index (χ4v) is 2.87. The maximum Gasteiger partial charge on any atom is 0.339 e. The highest BCUT2D eigenvalue weighted by Crippen LogP contribution is 2.40. The Morgan fingerprint density at radius 2 is 2.22 bits per heavy atom. The molecule has 140 valence electrons. The Morgan fingerprint density at radius 1 is 1.41 bits per heavy atom. The Morgan fingerprint density at radius 3 is 2.93 bits per heavy atom. The molecule has 0 radical (unpaired) electrons. The van der Waals surface area contributed by atoms with Crippen LogP contribution in [0.2, 0.25) is 0 Å². The molecule has 0 saturated heterocycles. The highest BCUT2D eigenvalue weighted by molar-refractivity contribution is 6.04. The summed E-state index contributed by atoms with van der Waals surface area (Å²) in [5, 5.41) is 7.09. The number of fused-ring (bicyclic) bond motifs is 1. The molecule has 3 heterocycles. The van der Waals surface area contributed by atoms with E-state index in [0.717, 1.165) is 18.5 Å². The van der Waals surface area contributed by atoms with Crippen LogP contribution in [0.4, 0.5) is 0 Å². The highest BCUT2D eigenvalue weighted by atomic mass is 16.5. The molecule has 1 aliphatic rings. The summed E-state index contributed by atoms with van der Waals surface area (Å²) in [6.07, 6.45) is 2.63. The summed E-state index contributed by atoms with van der Waals surface area (Å²) in [6.45, 7) is 3.49. The van der Waals surface area contributed by atoms with Crippen LogP contribution in [0.1, 0.15) is 53.2 Å². The Balaban J connectivity index is 1.50. The minimum absolute atomic E-state index is 0.226. The van der Waals surface area contributed by atoms with Crippen molar-refractivity contribution < 1.29 is 23.3 Å². The number of nitrogens with zero attached hydrogens (tertiary/aromatic N) is 2. The summed E-state index contributed by atoms with van der Waals surface area (Å²) in [7, 11) is 0. The zero-order chi connectivity index (χ0) is 19.0. The van der Waals surface area contributed by atoms with E-state index in [2.05, 4.69) is 15.5 Å². The molecule has 8 nitrogen and oxygen atoms in total. The summed E-state index contributed by atoms with van der Waals surface area (Å²) in [5.41, 5.74) is 1.99. The molecule has 1 atom stereocenters. The van der Waals surface area contributed by atoms with Gasteiger partial charge in [-0.3, -0.25) is 4.79 Å². The van der Waals surface area contributed by atoms with E-state index in [4.69, 9.17) is 13.7 Å². The van der Waals surface area contributed by atoms with Crippen LogP contribution in [-0.2, 0) is 16.1 Å². The van der Waals surface area contributed by atoms with E-state index < -0.39 is 18.0 Å². The largest absolute Gasteiger partial charge is 0.467 e. The zero-order valence-corrected chi connectivity index (χ0v) is 15.0. The second kappa shape index (κ2) is 6.86. The lowest BCUT2D eigenvalue weighted by atomic mass is 10.1. The molecule has 0 aliphatic heterocycles. The SMILES string of the molecule is Cc1noc2nc(C3CC3)cc(C(=O)O[C@H](C)C(=O)NCc3ccco3)c12. The molecule has 0 bridgehead atoms. The number of carbonyl (C=O) groups is 2. The van der Waals surface area contributed by atoms with Gasteiger partial charge in [-0.05, 0) is 44.9 Å². The molecule has 3 aromatic heterocycles. The van der Waals surface area contributed by atoms with Crippen molar-refractivity contribution in [2.45, 2.75) is 45.3 Å². The molecule has 0 unspecified atom stereocenters. The number of hydrogen-bond donors (Lipinski definition) is 1. The molecule has 8 heteroatoms. The molecular formula is C19H19N3O5. The molecule has 1 aliphatic carbocycles. The molecule has 0 aromatic carbocycles. The van der Waals surface area contributed by atoms with Crippen LogP contribution in [0.3, 0.4) is 0 Å². The fraction of sp³-hybridized carbons (Fsp3) is 0.368. The van der Waals surface area contributed by atoms with Gasteiger partial charge in [-0.2, -0.15) is 0 Å². The smallest absolute Gasteiger partial charge is 0.339 e. The predicted molar refractivity (Wildman–Crippen MR) is 93.9 cm³/mol. The molecule has 1 fully saturated rings. The number of esters is 1. The van der Waals surface area contributed by atoms with Gasteiger partial charge in [0.05, 0.1) is 29.5 Å². The quantitative estimate of drug-likeness (QED) is 0.666. The van der Waals surface area contributed by atoms with Crippen molar-refractivity contribution in [3.05, 3.63) is 47.2 Å². The number of ether oxygens (including phenoxy) is 1. The normalized spacial score (nSPS) is 14.9. The topological polar surface area (TPSA) is 107 Å². The van der Waals surface area contributed by atoms with E-state index in [1.54, 1.807) is 25.1 Å². The summed E-state index contributed by atoms with van der Waals surface area (Å²) < 4.78 is 15.8. The van der Waals surface area contributed by atoms with E-state index in [0.29, 0.717) is 34.0 Å². The average Bonchev–Trinajstić information content (AvgIpc) is 3.26. The number of aryl methyl sites for hydroxylation is 1. The number of rotatable bonds is 6. The van der Waals surface area contributed by atoms with E-state index in [1.807, 2.05) is 0 Å². The monoisotopic (exact) mass is 369 g/mol. The van der Waals surface area contributed by atoms with Gasteiger partial charge >= 0.3 is 5.97 Å². The van der Waals surface area contributed by atoms with E-state index >= 15 is 0 Å². The Kier molecular flexibility index (Phi) is 4.39. The van der Waals surface area contributed by atoms with Crippen molar-refractivity contribution in [1.82, 2.24) is 15.5 Å². The minimum atomic E-state index is -0.958. The number of pyridine rings is 1. The first-order valence-corrected chi connectivity index (χ1v) is 8.81. The Hall–Kier alpha value is -3.16. The first kappa shape index (κ1) is 17.3. The summed E-state index contributed by atoms with van der Waals surface area (Å²) in [6, 6.07) is 5.21. The van der Waals surface area contributed by atoms with Crippen molar-refractivity contribution in [3.8, 4) is 0 Å². The summed E-state index contributed by atoms with van der Waals surface area (Å²) in [4.78, 5) is 29.4. The highest BCUT2D eigenvalue weighted by Gasteiger charge is 2.30. The van der Waals surface area contributed by atoms with Crippen LogP contribution in [0, 0.1) is 6.92 Å². The second-order valence-corrected chi connectivity index (χ2v) is 6.66. The zero-order valence-electron chi connectivity index (χ0n) is 15.0. The summed E-state index contributed by atoms with van der Waals surface area (Å²) >= 11 is 0. The third-order valence-corrected chi connectivity index (χ3v) is 4.52. The molecule has 3 aromatic rings. The van der Waals surface area contributed by atoms with Crippen molar-refractivity contribution in [2.75, 3.05) is 0 Å². The van der Waals surface area contributed by atoms with Gasteiger partial charge in [-0.25, -0.2) is 9.78 Å². The molecule has 1 N–H and O–H groups in total. The lowest BCUT2D eigenvalue weighted by molar-refractivity contribution is -0.129. The first-order valence-electron chi connectivity index (χ1n) is 8.81. The van der Waals surface area contributed by atoms with Crippen LogP contribution >= 0.6 is 0 Å². The van der Waals surface area contributed by atoms with Crippen molar-refractivity contribution in [1.29, 1.82) is 0 Å². The molecule has 1 saturated carbocycles. The maximum absolute atomic E-state index is 12.7. The lowest BCUT2D eigenvalue weighted by Crippen LogP contribution is -2.35. The van der Waals surface area contributed by atoms with Crippen LogP contribution in [0.25, 0.3) is 11.1 Å². The second-order valence-electron chi connectivity index (χ2n) is 6.66. The number of carbonyl (C=O) groups excluding carboxylic acids is 2. The number of aromatic nitrogens is 2. The fourth-order valence-electron chi connectivity index (χ4n) is 2.87. The third kappa shape index (κ3) is 3.55. The van der Waals surface area contributed by atoms with Gasteiger partial charge < -0.3 is 19.0 Å². The Labute approximate surface area is 154 Å². The number of nitrogens with one attached hydrogen (secondary N) is 1. The average molecular weight is 369 g/mol. The van der Waals surface area contributed by atoms with Crippen molar-refractivity contribution in [3.63, 3.8) is 0 Å². The number of furan rings is 1. The van der Waals surface area contributed by atoms with Gasteiger partial charge in [-0.15, -0.1) is 0 Å². The van der Waals surface area contributed by atoms with E-state index in [9.17, 15) is 9.59 Å². The summed E-state index contributed by atoms with van der Waals surface area (Å²) in [5.74, 6) is -0.0574. The lowest BCUT2D eigenvalue weighted by Gasteiger charge is -2.13. The first-order chi connectivity index (χ1) is 13.0. The Bertz CT molecular complexity index is 988. The molecule has 4 rings (SSSR count). The van der Waals surface area contributed by atoms with Crippen LogP contribution in [-0.4, -0.2) is 28.1 Å². The molecule has 0 spiro atoms. The molecular weight excluding hydrogens is 350 g/mol. The third-order valence-electron chi connectivity index (χ3n) is 4.52. The van der Waals surface area contributed by atoms with Gasteiger partial charge in [0.15, 0.2) is 6.10 Å². The van der Waals surface area contributed by atoms with Crippen LogP contribution in [0.5, 0.6) is 0 Å².